The molecule has 1 aromatic heterocycles. The van der Waals surface area contributed by atoms with Crippen molar-refractivity contribution in [1.29, 1.82) is 0 Å². The van der Waals surface area contributed by atoms with E-state index in [1.165, 1.54) is 28.2 Å². The van der Waals surface area contributed by atoms with Crippen LogP contribution in [0.3, 0.4) is 0 Å². The number of amides is 1. The van der Waals surface area contributed by atoms with Gasteiger partial charge in [-0.1, -0.05) is 39.0 Å². The van der Waals surface area contributed by atoms with Crippen LogP contribution in [0.2, 0.25) is 0 Å². The molecular formula is C20H27N2OS+. The van der Waals surface area contributed by atoms with Crippen molar-refractivity contribution in [3.05, 3.63) is 52.2 Å². The van der Waals surface area contributed by atoms with Gasteiger partial charge in [-0.15, -0.1) is 11.3 Å². The fourth-order valence-corrected chi connectivity index (χ4v) is 4.34. The average molecular weight is 344 g/mol. The first-order chi connectivity index (χ1) is 11.4. The van der Waals surface area contributed by atoms with E-state index in [2.05, 4.69) is 55.7 Å². The van der Waals surface area contributed by atoms with Crippen LogP contribution in [0.25, 0.3) is 0 Å². The minimum atomic E-state index is 0.108. The highest BCUT2D eigenvalue weighted by Gasteiger charge is 2.32. The van der Waals surface area contributed by atoms with Gasteiger partial charge >= 0.3 is 0 Å². The Balaban J connectivity index is 1.59. The van der Waals surface area contributed by atoms with Crippen molar-refractivity contribution in [2.75, 3.05) is 18.4 Å². The Labute approximate surface area is 148 Å². The molecule has 3 nitrogen and oxygen atoms in total. The van der Waals surface area contributed by atoms with Crippen molar-refractivity contribution in [3.8, 4) is 0 Å². The third-order valence-electron chi connectivity index (χ3n) is 4.79. The van der Waals surface area contributed by atoms with E-state index in [0.29, 0.717) is 12.6 Å². The van der Waals surface area contributed by atoms with Gasteiger partial charge in [-0.25, -0.2) is 0 Å². The molecule has 0 radical (unpaired) electrons. The summed E-state index contributed by atoms with van der Waals surface area (Å²) in [6, 6.07) is 13.0. The van der Waals surface area contributed by atoms with E-state index in [1.54, 1.807) is 11.3 Å². The van der Waals surface area contributed by atoms with Crippen LogP contribution in [0.5, 0.6) is 0 Å². The summed E-state index contributed by atoms with van der Waals surface area (Å²) in [6.07, 6.45) is 2.38. The third kappa shape index (κ3) is 4.05. The predicted molar refractivity (Wildman–Crippen MR) is 101 cm³/mol. The first-order valence-corrected chi connectivity index (χ1v) is 9.60. The molecule has 3 rings (SSSR count). The van der Waals surface area contributed by atoms with Crippen molar-refractivity contribution < 1.29 is 9.69 Å². The van der Waals surface area contributed by atoms with Gasteiger partial charge in [0.25, 0.3) is 5.91 Å². The summed E-state index contributed by atoms with van der Waals surface area (Å²) in [6.45, 7) is 8.22. The molecule has 0 spiro atoms. The zero-order valence-corrected chi connectivity index (χ0v) is 15.6. The Morgan fingerprint density at radius 2 is 2.00 bits per heavy atom. The molecule has 2 atom stereocenters. The van der Waals surface area contributed by atoms with Crippen LogP contribution in [0, 0.1) is 0 Å². The van der Waals surface area contributed by atoms with Crippen molar-refractivity contribution in [1.82, 2.24) is 0 Å². The maximum absolute atomic E-state index is 12.4. The fraction of sp³-hybridized carbons (Fsp3) is 0.450. The molecule has 1 aromatic carbocycles. The molecule has 1 aliphatic heterocycles. The lowest BCUT2D eigenvalue weighted by atomic mass is 9.87. The van der Waals surface area contributed by atoms with Crippen LogP contribution < -0.4 is 10.2 Å². The quantitative estimate of drug-likeness (QED) is 0.876. The summed E-state index contributed by atoms with van der Waals surface area (Å²) >= 11 is 1.81. The molecule has 128 valence electrons. The van der Waals surface area contributed by atoms with Gasteiger partial charge in [-0.2, -0.15) is 0 Å². The van der Waals surface area contributed by atoms with Gasteiger partial charge in [0, 0.05) is 18.5 Å². The van der Waals surface area contributed by atoms with Crippen molar-refractivity contribution >= 4 is 22.9 Å². The van der Waals surface area contributed by atoms with Crippen molar-refractivity contribution in [2.24, 2.45) is 0 Å². The van der Waals surface area contributed by atoms with Crippen LogP contribution in [-0.2, 0) is 10.2 Å². The van der Waals surface area contributed by atoms with Crippen LogP contribution in [0.1, 0.15) is 50.1 Å². The molecule has 4 heteroatoms. The molecule has 2 heterocycles. The highest BCUT2D eigenvalue weighted by atomic mass is 32.1. The number of carbonyl (C=O) groups is 1. The predicted octanol–water partition coefficient (Wildman–Crippen LogP) is 3.40. The normalized spacial score (nSPS) is 21.0. The molecule has 24 heavy (non-hydrogen) atoms. The van der Waals surface area contributed by atoms with Crippen LogP contribution >= 0.6 is 11.3 Å². The average Bonchev–Trinajstić information content (AvgIpc) is 3.17. The summed E-state index contributed by atoms with van der Waals surface area (Å²) < 4.78 is 0. The van der Waals surface area contributed by atoms with Gasteiger partial charge in [0.05, 0.1) is 11.4 Å². The van der Waals surface area contributed by atoms with Gasteiger partial charge in [0.15, 0.2) is 6.54 Å². The fourth-order valence-electron chi connectivity index (χ4n) is 3.42. The molecule has 0 saturated carbocycles. The smallest absolute Gasteiger partial charge is 0.279 e. The Morgan fingerprint density at radius 1 is 1.25 bits per heavy atom. The lowest BCUT2D eigenvalue weighted by Crippen LogP contribution is -3.11. The van der Waals surface area contributed by atoms with Crippen LogP contribution in [-0.4, -0.2) is 19.0 Å². The number of hydrogen-bond donors (Lipinski definition) is 2. The molecule has 1 fully saturated rings. The summed E-state index contributed by atoms with van der Waals surface area (Å²) in [7, 11) is 0. The molecule has 2 N–H and O–H groups in total. The van der Waals surface area contributed by atoms with Gasteiger partial charge in [-0.3, -0.25) is 4.79 Å². The summed E-state index contributed by atoms with van der Waals surface area (Å²) in [5, 5.41) is 5.18. The number of quaternary nitrogens is 1. The molecule has 0 bridgehead atoms. The van der Waals surface area contributed by atoms with Gasteiger partial charge in [0.1, 0.15) is 6.04 Å². The summed E-state index contributed by atoms with van der Waals surface area (Å²) in [4.78, 5) is 15.2. The van der Waals surface area contributed by atoms with E-state index in [9.17, 15) is 4.79 Å². The second-order valence-electron chi connectivity index (χ2n) is 7.67. The largest absolute Gasteiger partial charge is 0.321 e. The Morgan fingerprint density at radius 3 is 2.62 bits per heavy atom. The van der Waals surface area contributed by atoms with Gasteiger partial charge < -0.3 is 10.2 Å². The maximum Gasteiger partial charge on any atom is 0.279 e. The monoisotopic (exact) mass is 343 g/mol. The minimum absolute atomic E-state index is 0.108. The molecule has 1 amide bonds. The van der Waals surface area contributed by atoms with Crippen LogP contribution in [0.4, 0.5) is 5.69 Å². The first kappa shape index (κ1) is 17.2. The number of likely N-dealkylation sites (tertiary alicyclic amines) is 1. The van der Waals surface area contributed by atoms with E-state index in [4.69, 9.17) is 0 Å². The number of hydrogen-bond acceptors (Lipinski definition) is 2. The summed E-state index contributed by atoms with van der Waals surface area (Å²) in [5.74, 6) is 0.108. The molecule has 0 aliphatic carbocycles. The molecule has 1 saturated heterocycles. The third-order valence-corrected chi connectivity index (χ3v) is 5.78. The molecule has 2 aromatic rings. The van der Waals surface area contributed by atoms with Gasteiger partial charge in [-0.05, 0) is 34.6 Å². The van der Waals surface area contributed by atoms with Crippen LogP contribution in [0.15, 0.2) is 41.8 Å². The second kappa shape index (κ2) is 7.08. The lowest BCUT2D eigenvalue weighted by molar-refractivity contribution is -0.910. The first-order valence-electron chi connectivity index (χ1n) is 8.72. The van der Waals surface area contributed by atoms with Crippen molar-refractivity contribution in [3.63, 3.8) is 0 Å². The van der Waals surface area contributed by atoms with Crippen molar-refractivity contribution in [2.45, 2.75) is 45.1 Å². The standard InChI is InChI=1S/C20H26N2OS/c1-20(2,3)15-8-10-16(11-9-15)21-19(23)14-22-12-4-6-17(22)18-7-5-13-24-18/h5,7-11,13,17H,4,6,12,14H2,1-3H3,(H,21,23)/p+1/t17-/m0/s1. The second-order valence-corrected chi connectivity index (χ2v) is 8.65. The molecular weight excluding hydrogens is 316 g/mol. The topological polar surface area (TPSA) is 33.5 Å². The van der Waals surface area contributed by atoms with E-state index < -0.39 is 0 Å². The number of rotatable bonds is 4. The number of benzene rings is 1. The Kier molecular flexibility index (Phi) is 5.07. The zero-order valence-electron chi connectivity index (χ0n) is 14.8. The molecule has 1 unspecified atom stereocenters. The number of carbonyl (C=O) groups excluding carboxylic acids is 1. The highest BCUT2D eigenvalue weighted by molar-refractivity contribution is 7.10. The van der Waals surface area contributed by atoms with E-state index in [1.807, 2.05) is 12.1 Å². The van der Waals surface area contributed by atoms with E-state index >= 15 is 0 Å². The Bertz CT molecular complexity index is 671. The minimum Gasteiger partial charge on any atom is -0.321 e. The van der Waals surface area contributed by atoms with E-state index in [-0.39, 0.29) is 11.3 Å². The Hall–Kier alpha value is -1.65. The zero-order chi connectivity index (χ0) is 17.2. The number of anilines is 1. The molecule has 1 aliphatic rings. The number of thiophene rings is 1. The number of nitrogens with one attached hydrogen (secondary N) is 2. The highest BCUT2D eigenvalue weighted by Crippen LogP contribution is 2.24. The maximum atomic E-state index is 12.4. The van der Waals surface area contributed by atoms with E-state index in [0.717, 1.165) is 12.2 Å². The summed E-state index contributed by atoms with van der Waals surface area (Å²) in [5.41, 5.74) is 2.30. The lowest BCUT2D eigenvalue weighted by Gasteiger charge is -2.21. The SMILES string of the molecule is CC(C)(C)c1ccc(NC(=O)C[NH+]2CCC[C@H]2c2cccs2)cc1. The van der Waals surface area contributed by atoms with Gasteiger partial charge in [0.2, 0.25) is 0 Å².